The molecule has 0 bridgehead atoms. The molecule has 0 fully saturated rings. The zero-order chi connectivity index (χ0) is 24.3. The zero-order valence-corrected chi connectivity index (χ0v) is 23.4. The molecule has 0 heterocycles. The number of hydrogen-bond acceptors (Lipinski definition) is 3. The van der Waals surface area contributed by atoms with Crippen molar-refractivity contribution in [1.82, 2.24) is 0 Å². The number of unbranched alkanes of at least 4 members (excludes halogenated alkanes) is 9. The molecule has 1 aromatic carbocycles. The van der Waals surface area contributed by atoms with E-state index >= 15 is 0 Å². The van der Waals surface area contributed by atoms with E-state index in [1.807, 2.05) is 6.92 Å². The summed E-state index contributed by atoms with van der Waals surface area (Å²) in [5.41, 5.74) is 0.928. The van der Waals surface area contributed by atoms with Crippen LogP contribution in [0.3, 0.4) is 0 Å². The largest absolute Gasteiger partial charge is 0.744 e. The Morgan fingerprint density at radius 2 is 1.03 bits per heavy atom. The molecule has 0 spiro atoms. The van der Waals surface area contributed by atoms with Crippen molar-refractivity contribution in [3.63, 3.8) is 0 Å². The average Bonchev–Trinajstić information content (AvgIpc) is 2.77. The SMILES string of the molecule is CCCCCC[P+](CC)(CCCCCC)CCCCCC.Cc1ccc(S(=O)(=O)[O-])cc1. The normalized spacial score (nSPS) is 11.8. The molecule has 0 atom stereocenters. The Morgan fingerprint density at radius 1 is 0.656 bits per heavy atom. The lowest BCUT2D eigenvalue weighted by Gasteiger charge is -2.27. The number of hydrogen-bond donors (Lipinski definition) is 0. The molecule has 0 aliphatic rings. The third-order valence-electron chi connectivity index (χ3n) is 6.44. The van der Waals surface area contributed by atoms with E-state index in [4.69, 9.17) is 0 Å². The van der Waals surface area contributed by atoms with Gasteiger partial charge in [0.1, 0.15) is 10.1 Å². The highest BCUT2D eigenvalue weighted by atomic mass is 32.2. The van der Waals surface area contributed by atoms with E-state index in [0.717, 1.165) is 5.56 Å². The Hall–Kier alpha value is -0.440. The van der Waals surface area contributed by atoms with Gasteiger partial charge in [0.25, 0.3) is 0 Å². The fourth-order valence-electron chi connectivity index (χ4n) is 4.14. The lowest BCUT2D eigenvalue weighted by Crippen LogP contribution is -2.11. The van der Waals surface area contributed by atoms with Crippen molar-refractivity contribution in [1.29, 1.82) is 0 Å². The van der Waals surface area contributed by atoms with E-state index in [9.17, 15) is 13.0 Å². The highest BCUT2D eigenvalue weighted by molar-refractivity contribution is 7.85. The third-order valence-corrected chi connectivity index (χ3v) is 12.4. The highest BCUT2D eigenvalue weighted by Gasteiger charge is 2.33. The predicted molar refractivity (Wildman–Crippen MR) is 144 cm³/mol. The second-order valence-electron chi connectivity index (χ2n) is 9.28. The first-order valence-corrected chi connectivity index (χ1v) is 17.1. The van der Waals surface area contributed by atoms with Gasteiger partial charge in [0.05, 0.1) is 29.5 Å². The summed E-state index contributed by atoms with van der Waals surface area (Å²) in [6.45, 7) is 11.3. The Labute approximate surface area is 201 Å². The van der Waals surface area contributed by atoms with Crippen molar-refractivity contribution in [2.24, 2.45) is 0 Å². The lowest BCUT2D eigenvalue weighted by molar-refractivity contribution is 0.463. The maximum Gasteiger partial charge on any atom is 0.124 e. The number of aryl methyl sites for hydroxylation is 1. The van der Waals surface area contributed by atoms with Crippen LogP contribution in [0.2, 0.25) is 0 Å². The monoisotopic (exact) mass is 486 g/mol. The summed E-state index contributed by atoms with van der Waals surface area (Å²) in [7, 11) is -4.87. The van der Waals surface area contributed by atoms with Crippen molar-refractivity contribution in [3.05, 3.63) is 29.8 Å². The molecule has 0 aliphatic heterocycles. The van der Waals surface area contributed by atoms with E-state index in [0.29, 0.717) is 0 Å². The van der Waals surface area contributed by atoms with Gasteiger partial charge in [-0.15, -0.1) is 0 Å². The third kappa shape index (κ3) is 15.4. The first kappa shape index (κ1) is 31.6. The molecular weight excluding hydrogens is 435 g/mol. The Kier molecular flexibility index (Phi) is 18.7. The predicted octanol–water partition coefficient (Wildman–Crippen LogP) is 8.66. The van der Waals surface area contributed by atoms with Crippen LogP contribution in [-0.4, -0.2) is 37.6 Å². The van der Waals surface area contributed by atoms with Crippen LogP contribution in [0, 0.1) is 6.92 Å². The standard InChI is InChI=1S/C20H44P.C7H8O3S/c1-5-9-12-15-18-21(8-4,19-16-13-10-6-2)20-17-14-11-7-3;1-6-2-4-7(5-3-6)11(8,9)10/h5-20H2,1-4H3;2-5H,1H3,(H,8,9,10)/q+1;/p-1. The van der Waals surface area contributed by atoms with Gasteiger partial charge in [-0.2, -0.15) is 0 Å². The van der Waals surface area contributed by atoms with Gasteiger partial charge in [0.2, 0.25) is 0 Å². The number of rotatable bonds is 17. The summed E-state index contributed by atoms with van der Waals surface area (Å²) in [6.07, 6.45) is 23.9. The summed E-state index contributed by atoms with van der Waals surface area (Å²) >= 11 is 0. The summed E-state index contributed by atoms with van der Waals surface area (Å²) in [4.78, 5) is -0.178. The minimum atomic E-state index is -4.27. The van der Waals surface area contributed by atoms with Crippen molar-refractivity contribution in [2.45, 2.75) is 117 Å². The molecule has 1 rings (SSSR count). The van der Waals surface area contributed by atoms with Gasteiger partial charge >= 0.3 is 0 Å². The van der Waals surface area contributed by atoms with Gasteiger partial charge in [-0.05, 0) is 64.5 Å². The fourth-order valence-corrected chi connectivity index (χ4v) is 8.91. The van der Waals surface area contributed by atoms with E-state index in [1.54, 1.807) is 30.6 Å². The van der Waals surface area contributed by atoms with E-state index in [1.165, 1.54) is 95.3 Å². The first-order valence-electron chi connectivity index (χ1n) is 13.1. The Bertz CT molecular complexity index is 625. The zero-order valence-electron chi connectivity index (χ0n) is 21.7. The molecule has 32 heavy (non-hydrogen) atoms. The van der Waals surface area contributed by atoms with Crippen molar-refractivity contribution in [2.75, 3.05) is 24.6 Å². The summed E-state index contributed by atoms with van der Waals surface area (Å²) in [5.74, 6) is 0. The smallest absolute Gasteiger partial charge is 0.124 e. The van der Waals surface area contributed by atoms with Crippen LogP contribution in [0.1, 0.15) is 110 Å². The van der Waals surface area contributed by atoms with E-state index < -0.39 is 17.4 Å². The van der Waals surface area contributed by atoms with Crippen LogP contribution in [0.4, 0.5) is 0 Å². The molecular formula is C27H51O3PS. The van der Waals surface area contributed by atoms with Crippen LogP contribution in [0.15, 0.2) is 29.2 Å². The van der Waals surface area contributed by atoms with Crippen LogP contribution >= 0.6 is 7.26 Å². The second kappa shape index (κ2) is 18.9. The average molecular weight is 487 g/mol. The van der Waals surface area contributed by atoms with Gasteiger partial charge in [0, 0.05) is 7.26 Å². The van der Waals surface area contributed by atoms with Crippen molar-refractivity contribution < 1.29 is 13.0 Å². The van der Waals surface area contributed by atoms with E-state index in [2.05, 4.69) is 27.7 Å². The van der Waals surface area contributed by atoms with Gasteiger partial charge in [0.15, 0.2) is 0 Å². The minimum Gasteiger partial charge on any atom is -0.744 e. The van der Waals surface area contributed by atoms with Crippen LogP contribution in [-0.2, 0) is 10.1 Å². The Morgan fingerprint density at radius 3 is 1.31 bits per heavy atom. The Balaban J connectivity index is 0.000000726. The number of benzene rings is 1. The topological polar surface area (TPSA) is 57.2 Å². The molecule has 5 heteroatoms. The molecule has 0 saturated carbocycles. The summed E-state index contributed by atoms with van der Waals surface area (Å²) in [5, 5.41) is 0. The molecule has 0 amide bonds. The summed E-state index contributed by atoms with van der Waals surface area (Å²) in [6, 6.07) is 5.78. The summed E-state index contributed by atoms with van der Waals surface area (Å²) < 4.78 is 31.2. The van der Waals surface area contributed by atoms with Gasteiger partial charge in [-0.25, -0.2) is 8.42 Å². The van der Waals surface area contributed by atoms with E-state index in [-0.39, 0.29) is 4.90 Å². The van der Waals surface area contributed by atoms with Gasteiger partial charge in [-0.3, -0.25) is 0 Å². The van der Waals surface area contributed by atoms with Gasteiger partial charge in [-0.1, -0.05) is 77.0 Å². The minimum absolute atomic E-state index is 0.178. The first-order chi connectivity index (χ1) is 15.2. The molecule has 0 saturated heterocycles. The van der Waals surface area contributed by atoms with Crippen molar-refractivity contribution >= 4 is 17.4 Å². The maximum atomic E-state index is 10.4. The molecule has 0 N–H and O–H groups in total. The molecule has 0 unspecified atom stereocenters. The molecule has 3 nitrogen and oxygen atoms in total. The quantitative estimate of drug-likeness (QED) is 0.126. The van der Waals surface area contributed by atoms with Gasteiger partial charge < -0.3 is 4.55 Å². The highest BCUT2D eigenvalue weighted by Crippen LogP contribution is 2.60. The van der Waals surface area contributed by atoms with Crippen LogP contribution in [0.5, 0.6) is 0 Å². The molecule has 188 valence electrons. The second-order valence-corrected chi connectivity index (χ2v) is 15.3. The molecule has 0 radical (unpaired) electrons. The van der Waals surface area contributed by atoms with Crippen LogP contribution < -0.4 is 0 Å². The molecule has 0 aliphatic carbocycles. The lowest BCUT2D eigenvalue weighted by atomic mass is 10.2. The van der Waals surface area contributed by atoms with Crippen LogP contribution in [0.25, 0.3) is 0 Å². The molecule has 1 aromatic rings. The molecule has 0 aromatic heterocycles. The fraction of sp³-hybridized carbons (Fsp3) is 0.778. The maximum absolute atomic E-state index is 10.4. The van der Waals surface area contributed by atoms with Crippen molar-refractivity contribution in [3.8, 4) is 0 Å².